The number of hydrogen-bond acceptors (Lipinski definition) is 4. The van der Waals surface area contributed by atoms with Gasteiger partial charge in [0.25, 0.3) is 0 Å². The van der Waals surface area contributed by atoms with Crippen LogP contribution >= 0.6 is 11.6 Å². The summed E-state index contributed by atoms with van der Waals surface area (Å²) in [5, 5.41) is 8.20. The molecule has 0 fully saturated rings. The molecule has 5 nitrogen and oxygen atoms in total. The van der Waals surface area contributed by atoms with Gasteiger partial charge in [-0.2, -0.15) is 5.10 Å². The topological polar surface area (TPSA) is 52.0 Å². The highest BCUT2D eigenvalue weighted by Gasteiger charge is 2.10. The Morgan fingerprint density at radius 1 is 1.33 bits per heavy atom. The zero-order valence-corrected chi connectivity index (χ0v) is 13.2. The van der Waals surface area contributed by atoms with E-state index in [1.54, 1.807) is 6.33 Å². The summed E-state index contributed by atoms with van der Waals surface area (Å²) in [7, 11) is 0. The van der Waals surface area contributed by atoms with Gasteiger partial charge in [-0.25, -0.2) is 9.67 Å². The summed E-state index contributed by atoms with van der Waals surface area (Å²) < 4.78 is 7.71. The van der Waals surface area contributed by atoms with Crippen molar-refractivity contribution in [3.05, 3.63) is 40.9 Å². The number of aryl methyl sites for hydroxylation is 1. The van der Waals surface area contributed by atoms with E-state index in [9.17, 15) is 0 Å². The maximum absolute atomic E-state index is 6.27. The Labute approximate surface area is 130 Å². The number of aromatic nitrogens is 3. The predicted molar refractivity (Wildman–Crippen MR) is 83.5 cm³/mol. The first-order valence-electron chi connectivity index (χ1n) is 7.23. The molecular formula is C15H21ClN4O. The van der Waals surface area contributed by atoms with Crippen LogP contribution in [0.2, 0.25) is 5.02 Å². The maximum atomic E-state index is 6.27. The van der Waals surface area contributed by atoms with Gasteiger partial charge in [0.15, 0.2) is 5.82 Å². The zero-order chi connectivity index (χ0) is 15.1. The molecule has 2 rings (SSSR count). The normalized spacial score (nSPS) is 10.8. The minimum atomic E-state index is 0.384. The van der Waals surface area contributed by atoms with Gasteiger partial charge in [0.2, 0.25) is 0 Å². The molecule has 0 bridgehead atoms. The van der Waals surface area contributed by atoms with Gasteiger partial charge < -0.3 is 10.1 Å². The van der Waals surface area contributed by atoms with Crippen LogP contribution in [-0.2, 0) is 19.7 Å². The second-order valence-corrected chi connectivity index (χ2v) is 5.08. The summed E-state index contributed by atoms with van der Waals surface area (Å²) in [4.78, 5) is 4.21. The Hall–Kier alpha value is -1.59. The molecule has 6 heteroatoms. The Balaban J connectivity index is 2.06. The largest absolute Gasteiger partial charge is 0.485 e. The van der Waals surface area contributed by atoms with E-state index in [4.69, 9.17) is 16.3 Å². The number of nitrogens with zero attached hydrogens (tertiary/aromatic N) is 3. The standard InChI is InChI=1S/C15H21ClN4O/c1-3-8-17-9-12-13(16)6-5-7-14(12)21-10-15-18-11-19-20(15)4-2/h5-7,11,17H,3-4,8-10H2,1-2H3. The molecule has 0 amide bonds. The first kappa shape index (κ1) is 15.8. The SMILES string of the molecule is CCCNCc1c(Cl)cccc1OCc1ncnn1CC. The van der Waals surface area contributed by atoms with E-state index < -0.39 is 0 Å². The maximum Gasteiger partial charge on any atom is 0.164 e. The summed E-state index contributed by atoms with van der Waals surface area (Å²) >= 11 is 6.27. The molecule has 1 aromatic carbocycles. The van der Waals surface area contributed by atoms with Crippen molar-refractivity contribution >= 4 is 11.6 Å². The van der Waals surface area contributed by atoms with E-state index in [0.717, 1.165) is 36.6 Å². The lowest BCUT2D eigenvalue weighted by molar-refractivity contribution is 0.284. The van der Waals surface area contributed by atoms with Crippen LogP contribution in [0.1, 0.15) is 31.7 Å². The molecule has 0 radical (unpaired) electrons. The number of hydrogen-bond donors (Lipinski definition) is 1. The third kappa shape index (κ3) is 4.19. The molecular weight excluding hydrogens is 288 g/mol. The quantitative estimate of drug-likeness (QED) is 0.762. The molecule has 21 heavy (non-hydrogen) atoms. The van der Waals surface area contributed by atoms with Crippen molar-refractivity contribution in [1.29, 1.82) is 0 Å². The van der Waals surface area contributed by atoms with Crippen LogP contribution < -0.4 is 10.1 Å². The molecule has 0 unspecified atom stereocenters. The highest BCUT2D eigenvalue weighted by atomic mass is 35.5. The second-order valence-electron chi connectivity index (χ2n) is 4.67. The van der Waals surface area contributed by atoms with Crippen molar-refractivity contribution in [3.63, 3.8) is 0 Å². The second kappa shape index (κ2) is 8.00. The summed E-state index contributed by atoms with van der Waals surface area (Å²) in [6, 6.07) is 5.71. The average Bonchev–Trinajstić information content (AvgIpc) is 2.95. The van der Waals surface area contributed by atoms with E-state index in [-0.39, 0.29) is 0 Å². The van der Waals surface area contributed by atoms with Crippen LogP contribution in [0.4, 0.5) is 0 Å². The molecule has 0 aliphatic carbocycles. The van der Waals surface area contributed by atoms with E-state index in [0.29, 0.717) is 18.2 Å². The third-order valence-corrected chi connectivity index (χ3v) is 3.51. The van der Waals surface area contributed by atoms with Crippen molar-refractivity contribution in [3.8, 4) is 5.75 Å². The van der Waals surface area contributed by atoms with Crippen LogP contribution in [0.5, 0.6) is 5.75 Å². The fourth-order valence-corrected chi connectivity index (χ4v) is 2.27. The molecule has 0 spiro atoms. The van der Waals surface area contributed by atoms with Gasteiger partial charge in [0, 0.05) is 23.7 Å². The minimum Gasteiger partial charge on any atom is -0.485 e. The van der Waals surface area contributed by atoms with Crippen molar-refractivity contribution in [2.24, 2.45) is 0 Å². The first-order chi connectivity index (χ1) is 10.3. The van der Waals surface area contributed by atoms with Crippen LogP contribution in [0.25, 0.3) is 0 Å². The summed E-state index contributed by atoms with van der Waals surface area (Å²) in [5.74, 6) is 1.60. The lowest BCUT2D eigenvalue weighted by Gasteiger charge is -2.13. The van der Waals surface area contributed by atoms with Gasteiger partial charge in [-0.3, -0.25) is 0 Å². The lowest BCUT2D eigenvalue weighted by Crippen LogP contribution is -2.15. The fraction of sp³-hybridized carbons (Fsp3) is 0.467. The van der Waals surface area contributed by atoms with Gasteiger partial charge in [-0.15, -0.1) is 0 Å². The summed E-state index contributed by atoms with van der Waals surface area (Å²) in [6.45, 7) is 6.97. The predicted octanol–water partition coefficient (Wildman–Crippen LogP) is 3.03. The number of rotatable bonds is 8. The Morgan fingerprint density at radius 3 is 2.95 bits per heavy atom. The number of ether oxygens (including phenoxy) is 1. The van der Waals surface area contributed by atoms with Gasteiger partial charge in [0.05, 0.1) is 0 Å². The molecule has 0 aliphatic heterocycles. The van der Waals surface area contributed by atoms with E-state index in [1.165, 1.54) is 0 Å². The van der Waals surface area contributed by atoms with E-state index >= 15 is 0 Å². The van der Waals surface area contributed by atoms with Crippen molar-refractivity contribution in [2.45, 2.75) is 40.0 Å². The van der Waals surface area contributed by atoms with Gasteiger partial charge in [0.1, 0.15) is 18.7 Å². The highest BCUT2D eigenvalue weighted by molar-refractivity contribution is 6.31. The number of benzene rings is 1. The molecule has 1 N–H and O–H groups in total. The number of halogens is 1. The van der Waals surface area contributed by atoms with Crippen LogP contribution in [0.15, 0.2) is 24.5 Å². The third-order valence-electron chi connectivity index (χ3n) is 3.16. The summed E-state index contributed by atoms with van der Waals surface area (Å²) in [6.07, 6.45) is 2.63. The molecule has 114 valence electrons. The van der Waals surface area contributed by atoms with Crippen LogP contribution in [0, 0.1) is 0 Å². The van der Waals surface area contributed by atoms with E-state index in [2.05, 4.69) is 22.3 Å². The average molecular weight is 309 g/mol. The molecule has 0 saturated carbocycles. The molecule has 2 aromatic rings. The molecule has 1 heterocycles. The van der Waals surface area contributed by atoms with Gasteiger partial charge in [-0.1, -0.05) is 24.6 Å². The van der Waals surface area contributed by atoms with Crippen LogP contribution in [-0.4, -0.2) is 21.3 Å². The monoisotopic (exact) mass is 308 g/mol. The Bertz CT molecular complexity index is 571. The van der Waals surface area contributed by atoms with Crippen LogP contribution in [0.3, 0.4) is 0 Å². The molecule has 1 aromatic heterocycles. The van der Waals surface area contributed by atoms with Gasteiger partial charge in [-0.05, 0) is 32.0 Å². The highest BCUT2D eigenvalue weighted by Crippen LogP contribution is 2.26. The van der Waals surface area contributed by atoms with E-state index in [1.807, 2.05) is 29.8 Å². The summed E-state index contributed by atoms with van der Waals surface area (Å²) in [5.41, 5.74) is 0.982. The first-order valence-corrected chi connectivity index (χ1v) is 7.61. The molecule has 0 aliphatic rings. The molecule has 0 atom stereocenters. The minimum absolute atomic E-state index is 0.384. The van der Waals surface area contributed by atoms with Crippen molar-refractivity contribution < 1.29 is 4.74 Å². The zero-order valence-electron chi connectivity index (χ0n) is 12.5. The van der Waals surface area contributed by atoms with Crippen molar-refractivity contribution in [2.75, 3.05) is 6.54 Å². The Kier molecular flexibility index (Phi) is 6.02. The van der Waals surface area contributed by atoms with Crippen molar-refractivity contribution in [1.82, 2.24) is 20.1 Å². The smallest absolute Gasteiger partial charge is 0.164 e. The Morgan fingerprint density at radius 2 is 2.19 bits per heavy atom. The fourth-order valence-electron chi connectivity index (χ4n) is 2.04. The van der Waals surface area contributed by atoms with Gasteiger partial charge >= 0.3 is 0 Å². The number of nitrogens with one attached hydrogen (secondary N) is 1. The molecule has 0 saturated heterocycles. The lowest BCUT2D eigenvalue weighted by atomic mass is 10.2.